The lowest BCUT2D eigenvalue weighted by Crippen LogP contribution is -2.36. The fourth-order valence-corrected chi connectivity index (χ4v) is 2.46. The number of aromatic nitrogens is 4. The molecule has 2 amide bonds. The van der Waals surface area contributed by atoms with Crippen molar-refractivity contribution in [2.45, 2.75) is 53.1 Å². The summed E-state index contributed by atoms with van der Waals surface area (Å²) >= 11 is 0. The predicted octanol–water partition coefficient (Wildman–Crippen LogP) is 1.26. The summed E-state index contributed by atoms with van der Waals surface area (Å²) in [5.41, 5.74) is 0.852. The Morgan fingerprint density at radius 2 is 1.93 bits per heavy atom. The molecule has 2 heterocycles. The quantitative estimate of drug-likeness (QED) is 0.448. The maximum Gasteiger partial charge on any atom is 0.314 e. The molecule has 0 bridgehead atoms. The number of anilines is 1. The van der Waals surface area contributed by atoms with Gasteiger partial charge in [-0.15, -0.1) is 0 Å². The minimum Gasteiger partial charge on any atom is -0.379 e. The van der Waals surface area contributed by atoms with Gasteiger partial charge in [-0.05, 0) is 33.1 Å². The van der Waals surface area contributed by atoms with E-state index in [1.807, 2.05) is 27.7 Å². The molecule has 0 aliphatic rings. The summed E-state index contributed by atoms with van der Waals surface area (Å²) in [4.78, 5) is 43.2. The van der Waals surface area contributed by atoms with E-state index in [4.69, 9.17) is 4.74 Å². The van der Waals surface area contributed by atoms with Crippen molar-refractivity contribution in [3.63, 3.8) is 0 Å². The van der Waals surface area contributed by atoms with Crippen LogP contribution in [0.4, 0.5) is 5.82 Å². The van der Waals surface area contributed by atoms with Crippen molar-refractivity contribution in [3.8, 4) is 5.95 Å². The molecule has 0 aliphatic carbocycles. The lowest BCUT2D eigenvalue weighted by molar-refractivity contribution is -0.136. The first-order valence-corrected chi connectivity index (χ1v) is 9.56. The standard InChI is InChI=1S/C19H28N6O4/c1-11(2)14-10-16(26)23-19(21-14)25-15(9-13(5)24-25)22-18(28)17(27)20-7-6-8-29-12(3)4/h9-12H,6-8H2,1-5H3,(H,20,27)(H,22,28)(H,21,23,26). The van der Waals surface area contributed by atoms with E-state index in [1.165, 1.54) is 10.7 Å². The lowest BCUT2D eigenvalue weighted by atomic mass is 10.1. The topological polar surface area (TPSA) is 131 Å². The van der Waals surface area contributed by atoms with E-state index in [0.717, 1.165) is 0 Å². The second-order valence-electron chi connectivity index (χ2n) is 7.21. The van der Waals surface area contributed by atoms with E-state index in [2.05, 4.69) is 25.7 Å². The average Bonchev–Trinajstić information content (AvgIpc) is 3.00. The molecular weight excluding hydrogens is 376 g/mol. The summed E-state index contributed by atoms with van der Waals surface area (Å²) in [7, 11) is 0. The molecule has 0 atom stereocenters. The van der Waals surface area contributed by atoms with Crippen molar-refractivity contribution in [1.29, 1.82) is 0 Å². The molecule has 0 saturated carbocycles. The van der Waals surface area contributed by atoms with Crippen LogP contribution >= 0.6 is 0 Å². The van der Waals surface area contributed by atoms with Gasteiger partial charge in [0.1, 0.15) is 5.82 Å². The lowest BCUT2D eigenvalue weighted by Gasteiger charge is -2.11. The summed E-state index contributed by atoms with van der Waals surface area (Å²) < 4.78 is 6.68. The monoisotopic (exact) mass is 404 g/mol. The zero-order valence-corrected chi connectivity index (χ0v) is 17.4. The SMILES string of the molecule is Cc1cc(NC(=O)C(=O)NCCCOC(C)C)n(-c2nc(C(C)C)cc(=O)[nH]2)n1. The Hall–Kier alpha value is -3.01. The maximum atomic E-state index is 12.2. The minimum absolute atomic E-state index is 0.0382. The largest absolute Gasteiger partial charge is 0.379 e. The van der Waals surface area contributed by atoms with Crippen molar-refractivity contribution in [3.05, 3.63) is 33.9 Å². The summed E-state index contributed by atoms with van der Waals surface area (Å²) in [6.45, 7) is 10.2. The average molecular weight is 404 g/mol. The Balaban J connectivity index is 2.08. The number of hydrogen-bond donors (Lipinski definition) is 3. The van der Waals surface area contributed by atoms with Crippen molar-refractivity contribution >= 4 is 17.6 Å². The van der Waals surface area contributed by atoms with Gasteiger partial charge in [-0.1, -0.05) is 13.8 Å². The molecule has 0 saturated heterocycles. The molecule has 0 fully saturated rings. The van der Waals surface area contributed by atoms with Crippen LogP contribution in [0.2, 0.25) is 0 Å². The summed E-state index contributed by atoms with van der Waals surface area (Å²) in [5, 5.41) is 9.31. The third-order valence-electron chi connectivity index (χ3n) is 3.88. The van der Waals surface area contributed by atoms with E-state index in [1.54, 1.807) is 13.0 Å². The van der Waals surface area contributed by atoms with E-state index in [0.29, 0.717) is 31.0 Å². The Kier molecular flexibility index (Phi) is 7.66. The van der Waals surface area contributed by atoms with Crippen LogP contribution in [0.25, 0.3) is 5.95 Å². The molecule has 0 aromatic carbocycles. The predicted molar refractivity (Wildman–Crippen MR) is 108 cm³/mol. The highest BCUT2D eigenvalue weighted by Gasteiger charge is 2.18. The van der Waals surface area contributed by atoms with Crippen LogP contribution in [-0.4, -0.2) is 50.8 Å². The van der Waals surface area contributed by atoms with E-state index in [-0.39, 0.29) is 29.3 Å². The minimum atomic E-state index is -0.835. The highest BCUT2D eigenvalue weighted by Crippen LogP contribution is 2.16. The first-order chi connectivity index (χ1) is 13.7. The maximum absolute atomic E-state index is 12.2. The van der Waals surface area contributed by atoms with Gasteiger partial charge in [-0.3, -0.25) is 19.4 Å². The molecule has 10 heteroatoms. The Labute approximate surface area is 169 Å². The Bertz CT molecular complexity index is 916. The fourth-order valence-electron chi connectivity index (χ4n) is 2.46. The number of aromatic amines is 1. The highest BCUT2D eigenvalue weighted by atomic mass is 16.5. The third-order valence-corrected chi connectivity index (χ3v) is 3.88. The summed E-state index contributed by atoms with van der Waals surface area (Å²) in [5.74, 6) is -1.17. The number of aryl methyl sites for hydroxylation is 1. The Morgan fingerprint density at radius 1 is 1.21 bits per heavy atom. The van der Waals surface area contributed by atoms with Gasteiger partial charge in [0.2, 0.25) is 5.95 Å². The van der Waals surface area contributed by atoms with Crippen LogP contribution in [0.3, 0.4) is 0 Å². The number of H-pyrrole nitrogens is 1. The van der Waals surface area contributed by atoms with Crippen molar-refractivity contribution in [2.75, 3.05) is 18.5 Å². The Morgan fingerprint density at radius 3 is 2.59 bits per heavy atom. The second-order valence-corrected chi connectivity index (χ2v) is 7.21. The number of nitrogens with zero attached hydrogens (tertiary/aromatic N) is 3. The van der Waals surface area contributed by atoms with Crippen molar-refractivity contribution in [1.82, 2.24) is 25.1 Å². The summed E-state index contributed by atoms with van der Waals surface area (Å²) in [6.07, 6.45) is 0.716. The van der Waals surface area contributed by atoms with Crippen molar-refractivity contribution < 1.29 is 14.3 Å². The molecule has 0 unspecified atom stereocenters. The zero-order chi connectivity index (χ0) is 21.6. The van der Waals surface area contributed by atoms with Crippen LogP contribution in [0.5, 0.6) is 0 Å². The molecule has 0 aliphatic heterocycles. The molecule has 2 rings (SSSR count). The van der Waals surface area contributed by atoms with Gasteiger partial charge in [0, 0.05) is 25.3 Å². The van der Waals surface area contributed by atoms with Gasteiger partial charge in [-0.25, -0.2) is 4.98 Å². The van der Waals surface area contributed by atoms with Crippen LogP contribution in [-0.2, 0) is 14.3 Å². The van der Waals surface area contributed by atoms with E-state index in [9.17, 15) is 14.4 Å². The fraction of sp³-hybridized carbons (Fsp3) is 0.526. The number of hydrogen-bond acceptors (Lipinski definition) is 6. The van der Waals surface area contributed by atoms with Gasteiger partial charge in [0.25, 0.3) is 5.56 Å². The normalized spacial score (nSPS) is 11.1. The van der Waals surface area contributed by atoms with E-state index >= 15 is 0 Å². The molecule has 10 nitrogen and oxygen atoms in total. The first-order valence-electron chi connectivity index (χ1n) is 9.56. The van der Waals surface area contributed by atoms with Gasteiger partial charge < -0.3 is 15.4 Å². The smallest absolute Gasteiger partial charge is 0.314 e. The van der Waals surface area contributed by atoms with Gasteiger partial charge in [0.05, 0.1) is 17.5 Å². The first kappa shape index (κ1) is 22.3. The van der Waals surface area contributed by atoms with Gasteiger partial charge >= 0.3 is 11.8 Å². The number of nitrogens with one attached hydrogen (secondary N) is 3. The molecule has 158 valence electrons. The third kappa shape index (κ3) is 6.53. The molecule has 0 radical (unpaired) electrons. The number of ether oxygens (including phenoxy) is 1. The van der Waals surface area contributed by atoms with Crippen LogP contribution in [0.1, 0.15) is 51.4 Å². The van der Waals surface area contributed by atoms with Crippen LogP contribution < -0.4 is 16.2 Å². The van der Waals surface area contributed by atoms with Crippen LogP contribution in [0.15, 0.2) is 16.9 Å². The van der Waals surface area contributed by atoms with Crippen molar-refractivity contribution in [2.24, 2.45) is 0 Å². The van der Waals surface area contributed by atoms with Gasteiger partial charge in [-0.2, -0.15) is 9.78 Å². The zero-order valence-electron chi connectivity index (χ0n) is 17.4. The number of amides is 2. The molecule has 2 aromatic rings. The van der Waals surface area contributed by atoms with E-state index < -0.39 is 11.8 Å². The summed E-state index contributed by atoms with van der Waals surface area (Å²) in [6, 6.07) is 3.00. The number of carbonyl (C=O) groups excluding carboxylic acids is 2. The molecular formula is C19H28N6O4. The highest BCUT2D eigenvalue weighted by molar-refractivity contribution is 6.39. The number of carbonyl (C=O) groups is 2. The molecule has 2 aromatic heterocycles. The number of rotatable bonds is 8. The molecule has 29 heavy (non-hydrogen) atoms. The van der Waals surface area contributed by atoms with Gasteiger partial charge in [0.15, 0.2) is 0 Å². The molecule has 3 N–H and O–H groups in total. The molecule has 0 spiro atoms. The second kappa shape index (κ2) is 9.97. The van der Waals surface area contributed by atoms with Crippen LogP contribution in [0, 0.1) is 6.92 Å².